The summed E-state index contributed by atoms with van der Waals surface area (Å²) in [6.45, 7) is 6.89. The Labute approximate surface area is 98.0 Å². The highest BCUT2D eigenvalue weighted by molar-refractivity contribution is 5.34. The topological polar surface area (TPSA) is 21.3 Å². The lowest BCUT2D eigenvalue weighted by Gasteiger charge is -2.40. The highest BCUT2D eigenvalue weighted by atomic mass is 16.5. The smallest absolute Gasteiger partial charge is 0.119 e. The van der Waals surface area contributed by atoms with Gasteiger partial charge in [0.05, 0.1) is 7.11 Å². The Bertz CT molecular complexity index is 364. The number of hydrogen-bond donors (Lipinski definition) is 1. The predicted octanol–water partition coefficient (Wildman–Crippen LogP) is 2.58. The molecule has 0 bridgehead atoms. The van der Waals surface area contributed by atoms with Crippen molar-refractivity contribution in [2.45, 2.75) is 25.7 Å². The zero-order valence-corrected chi connectivity index (χ0v) is 10.4. The van der Waals surface area contributed by atoms with Gasteiger partial charge < -0.3 is 10.1 Å². The Kier molecular flexibility index (Phi) is 3.20. The van der Waals surface area contributed by atoms with Crippen molar-refractivity contribution in [3.05, 3.63) is 29.8 Å². The molecule has 1 aromatic carbocycles. The standard InChI is InChI=1S/C14H21NO/c1-11-7-8-15-10-14(11,2)12-5-4-6-13(9-12)16-3/h4-6,9,11,15H,7-8,10H2,1-3H3/t11-,14-/m1/s1. The van der Waals surface area contributed by atoms with Gasteiger partial charge in [-0.3, -0.25) is 0 Å². The molecule has 16 heavy (non-hydrogen) atoms. The molecule has 1 saturated heterocycles. The fourth-order valence-electron chi connectivity index (χ4n) is 2.52. The molecule has 0 aromatic heterocycles. The van der Waals surface area contributed by atoms with Gasteiger partial charge in [0.25, 0.3) is 0 Å². The monoisotopic (exact) mass is 219 g/mol. The predicted molar refractivity (Wildman–Crippen MR) is 67.0 cm³/mol. The number of ether oxygens (including phenoxy) is 1. The third-order valence-electron chi connectivity index (χ3n) is 4.06. The Balaban J connectivity index is 2.33. The second-order valence-corrected chi connectivity index (χ2v) is 5.02. The number of rotatable bonds is 2. The molecule has 1 N–H and O–H groups in total. The van der Waals surface area contributed by atoms with Crippen LogP contribution in [0.4, 0.5) is 0 Å². The summed E-state index contributed by atoms with van der Waals surface area (Å²) in [6.07, 6.45) is 1.24. The van der Waals surface area contributed by atoms with Gasteiger partial charge >= 0.3 is 0 Å². The van der Waals surface area contributed by atoms with E-state index in [0.717, 1.165) is 18.8 Å². The largest absolute Gasteiger partial charge is 0.497 e. The van der Waals surface area contributed by atoms with Gasteiger partial charge in [-0.1, -0.05) is 26.0 Å². The van der Waals surface area contributed by atoms with Crippen molar-refractivity contribution in [3.8, 4) is 5.75 Å². The normalized spacial score (nSPS) is 30.1. The van der Waals surface area contributed by atoms with Crippen molar-refractivity contribution >= 4 is 0 Å². The molecule has 2 rings (SSSR count). The van der Waals surface area contributed by atoms with Crippen LogP contribution in [0.2, 0.25) is 0 Å². The minimum absolute atomic E-state index is 0.229. The molecule has 1 aliphatic rings. The fraction of sp³-hybridized carbons (Fsp3) is 0.571. The van der Waals surface area contributed by atoms with Crippen molar-refractivity contribution in [1.29, 1.82) is 0 Å². The van der Waals surface area contributed by atoms with E-state index in [1.807, 2.05) is 6.07 Å². The van der Waals surface area contributed by atoms with Gasteiger partial charge in [0.1, 0.15) is 5.75 Å². The van der Waals surface area contributed by atoms with Gasteiger partial charge in [-0.05, 0) is 36.6 Å². The third kappa shape index (κ3) is 1.94. The van der Waals surface area contributed by atoms with Crippen LogP contribution in [0.25, 0.3) is 0 Å². The van der Waals surface area contributed by atoms with E-state index in [4.69, 9.17) is 4.74 Å². The molecule has 0 saturated carbocycles. The first-order valence-corrected chi connectivity index (χ1v) is 6.02. The number of hydrogen-bond acceptors (Lipinski definition) is 2. The summed E-state index contributed by atoms with van der Waals surface area (Å²) in [7, 11) is 1.73. The van der Waals surface area contributed by atoms with E-state index in [1.165, 1.54) is 12.0 Å². The summed E-state index contributed by atoms with van der Waals surface area (Å²) in [6, 6.07) is 8.48. The second-order valence-electron chi connectivity index (χ2n) is 5.02. The minimum atomic E-state index is 0.229. The van der Waals surface area contributed by atoms with Crippen molar-refractivity contribution in [3.63, 3.8) is 0 Å². The van der Waals surface area contributed by atoms with Crippen molar-refractivity contribution in [2.75, 3.05) is 20.2 Å². The van der Waals surface area contributed by atoms with Crippen LogP contribution in [-0.4, -0.2) is 20.2 Å². The maximum absolute atomic E-state index is 5.31. The maximum atomic E-state index is 5.31. The lowest BCUT2D eigenvalue weighted by molar-refractivity contribution is 0.238. The van der Waals surface area contributed by atoms with Gasteiger partial charge in [0.15, 0.2) is 0 Å². The van der Waals surface area contributed by atoms with Gasteiger partial charge in [-0.25, -0.2) is 0 Å². The summed E-state index contributed by atoms with van der Waals surface area (Å²) >= 11 is 0. The van der Waals surface area contributed by atoms with Crippen molar-refractivity contribution in [2.24, 2.45) is 5.92 Å². The van der Waals surface area contributed by atoms with Crippen LogP contribution in [-0.2, 0) is 5.41 Å². The number of piperidine rings is 1. The zero-order valence-electron chi connectivity index (χ0n) is 10.4. The lowest BCUT2D eigenvalue weighted by Crippen LogP contribution is -2.46. The number of methoxy groups -OCH3 is 1. The van der Waals surface area contributed by atoms with Crippen LogP contribution >= 0.6 is 0 Å². The Morgan fingerprint density at radius 2 is 2.25 bits per heavy atom. The lowest BCUT2D eigenvalue weighted by atomic mass is 9.69. The van der Waals surface area contributed by atoms with Crippen LogP contribution in [0.3, 0.4) is 0 Å². The molecule has 0 amide bonds. The number of benzene rings is 1. The van der Waals surface area contributed by atoms with Gasteiger partial charge in [0, 0.05) is 12.0 Å². The summed E-state index contributed by atoms with van der Waals surface area (Å²) in [5.41, 5.74) is 1.61. The van der Waals surface area contributed by atoms with E-state index in [-0.39, 0.29) is 5.41 Å². The van der Waals surface area contributed by atoms with E-state index in [1.54, 1.807) is 7.11 Å². The SMILES string of the molecule is COc1cccc([C@]2(C)CNCC[C@H]2C)c1. The van der Waals surface area contributed by atoms with Gasteiger partial charge in [-0.2, -0.15) is 0 Å². The first kappa shape index (κ1) is 11.5. The molecule has 1 aromatic rings. The summed E-state index contributed by atoms with van der Waals surface area (Å²) < 4.78 is 5.31. The summed E-state index contributed by atoms with van der Waals surface area (Å²) in [5, 5.41) is 3.50. The second kappa shape index (κ2) is 4.46. The highest BCUT2D eigenvalue weighted by Crippen LogP contribution is 2.36. The van der Waals surface area contributed by atoms with Gasteiger partial charge in [0.2, 0.25) is 0 Å². The fourth-order valence-corrected chi connectivity index (χ4v) is 2.52. The Morgan fingerprint density at radius 3 is 2.94 bits per heavy atom. The molecule has 2 heteroatoms. The average Bonchev–Trinajstić information content (AvgIpc) is 2.33. The van der Waals surface area contributed by atoms with E-state index in [2.05, 4.69) is 37.4 Å². The molecule has 1 fully saturated rings. The molecule has 0 aliphatic carbocycles. The average molecular weight is 219 g/mol. The molecule has 2 nitrogen and oxygen atoms in total. The molecule has 0 spiro atoms. The van der Waals surface area contributed by atoms with E-state index in [9.17, 15) is 0 Å². The van der Waals surface area contributed by atoms with Crippen LogP contribution in [0, 0.1) is 5.92 Å². The number of nitrogens with one attached hydrogen (secondary N) is 1. The molecule has 0 unspecified atom stereocenters. The zero-order chi connectivity index (χ0) is 11.6. The Morgan fingerprint density at radius 1 is 1.44 bits per heavy atom. The van der Waals surface area contributed by atoms with Crippen LogP contribution in [0.15, 0.2) is 24.3 Å². The van der Waals surface area contributed by atoms with Crippen molar-refractivity contribution in [1.82, 2.24) is 5.32 Å². The van der Waals surface area contributed by atoms with Crippen LogP contribution in [0.1, 0.15) is 25.8 Å². The van der Waals surface area contributed by atoms with Crippen LogP contribution < -0.4 is 10.1 Å². The summed E-state index contributed by atoms with van der Waals surface area (Å²) in [4.78, 5) is 0. The first-order chi connectivity index (χ1) is 7.66. The minimum Gasteiger partial charge on any atom is -0.497 e. The van der Waals surface area contributed by atoms with Gasteiger partial charge in [-0.15, -0.1) is 0 Å². The molecule has 1 heterocycles. The molecular weight excluding hydrogens is 198 g/mol. The van der Waals surface area contributed by atoms with Crippen LogP contribution in [0.5, 0.6) is 5.75 Å². The van der Waals surface area contributed by atoms with E-state index >= 15 is 0 Å². The van der Waals surface area contributed by atoms with Crippen molar-refractivity contribution < 1.29 is 4.74 Å². The highest BCUT2D eigenvalue weighted by Gasteiger charge is 2.35. The molecule has 1 aliphatic heterocycles. The van der Waals surface area contributed by atoms with E-state index in [0.29, 0.717) is 5.92 Å². The molecule has 88 valence electrons. The Hall–Kier alpha value is -1.02. The first-order valence-electron chi connectivity index (χ1n) is 6.02. The third-order valence-corrected chi connectivity index (χ3v) is 4.06. The quantitative estimate of drug-likeness (QED) is 0.825. The maximum Gasteiger partial charge on any atom is 0.119 e. The van der Waals surface area contributed by atoms with E-state index < -0.39 is 0 Å². The molecule has 0 radical (unpaired) electrons. The molecular formula is C14H21NO. The summed E-state index contributed by atoms with van der Waals surface area (Å²) in [5.74, 6) is 1.66. The molecule has 2 atom stereocenters.